The van der Waals surface area contributed by atoms with Gasteiger partial charge in [0.1, 0.15) is 11.5 Å². The third-order valence-electron chi connectivity index (χ3n) is 5.76. The number of ketones is 1. The molecule has 35 heavy (non-hydrogen) atoms. The monoisotopic (exact) mass is 483 g/mol. The summed E-state index contributed by atoms with van der Waals surface area (Å²) in [4.78, 5) is 27.8. The lowest BCUT2D eigenvalue weighted by Crippen LogP contribution is -2.31. The predicted molar refractivity (Wildman–Crippen MR) is 132 cm³/mol. The molecular weight excluding hydrogens is 450 g/mol. The summed E-state index contributed by atoms with van der Waals surface area (Å²) in [5.41, 5.74) is 1.83. The molecular formula is C27H33NO7. The van der Waals surface area contributed by atoms with Crippen molar-refractivity contribution < 1.29 is 33.6 Å². The highest BCUT2D eigenvalue weighted by atomic mass is 16.5. The van der Waals surface area contributed by atoms with Crippen molar-refractivity contribution >= 4 is 17.4 Å². The first-order valence-corrected chi connectivity index (χ1v) is 11.5. The van der Waals surface area contributed by atoms with Crippen molar-refractivity contribution in [1.29, 1.82) is 0 Å². The summed E-state index contributed by atoms with van der Waals surface area (Å²) in [6.45, 7) is 6.39. The Labute approximate surface area is 206 Å². The van der Waals surface area contributed by atoms with Crippen molar-refractivity contribution in [2.24, 2.45) is 0 Å². The summed E-state index contributed by atoms with van der Waals surface area (Å²) >= 11 is 0. The molecule has 1 N–H and O–H groups in total. The Balaban J connectivity index is 2.21. The fourth-order valence-corrected chi connectivity index (χ4v) is 4.19. The van der Waals surface area contributed by atoms with Gasteiger partial charge in [-0.05, 0) is 57.0 Å². The zero-order chi connectivity index (χ0) is 25.7. The number of amides is 1. The molecule has 1 aliphatic rings. The largest absolute Gasteiger partial charge is 0.507 e. The van der Waals surface area contributed by atoms with Crippen LogP contribution in [0.25, 0.3) is 5.76 Å². The topological polar surface area (TPSA) is 94.5 Å². The molecule has 8 nitrogen and oxygen atoms in total. The van der Waals surface area contributed by atoms with Gasteiger partial charge in [0.25, 0.3) is 11.7 Å². The van der Waals surface area contributed by atoms with E-state index in [9.17, 15) is 14.7 Å². The maximum atomic E-state index is 13.3. The number of hydrogen-bond acceptors (Lipinski definition) is 7. The first-order chi connectivity index (χ1) is 16.7. The summed E-state index contributed by atoms with van der Waals surface area (Å²) in [7, 11) is 4.59. The first kappa shape index (κ1) is 26.1. The molecule has 2 aromatic carbocycles. The van der Waals surface area contributed by atoms with E-state index in [1.165, 1.54) is 19.1 Å². The summed E-state index contributed by atoms with van der Waals surface area (Å²) < 4.78 is 21.9. The number of nitrogens with zero attached hydrogens (tertiary/aromatic N) is 1. The minimum Gasteiger partial charge on any atom is -0.507 e. The number of carbonyl (C=O) groups is 2. The Morgan fingerprint density at radius 2 is 1.69 bits per heavy atom. The number of methoxy groups -OCH3 is 3. The van der Waals surface area contributed by atoms with E-state index in [2.05, 4.69) is 0 Å². The Morgan fingerprint density at radius 3 is 2.31 bits per heavy atom. The van der Waals surface area contributed by atoms with Gasteiger partial charge in [-0.15, -0.1) is 0 Å². The van der Waals surface area contributed by atoms with Crippen LogP contribution >= 0.6 is 0 Å². The Hall–Kier alpha value is -3.52. The van der Waals surface area contributed by atoms with Crippen LogP contribution in [-0.4, -0.2) is 62.3 Å². The van der Waals surface area contributed by atoms with Gasteiger partial charge in [0, 0.05) is 20.3 Å². The summed E-state index contributed by atoms with van der Waals surface area (Å²) in [5.74, 6) is -0.314. The Bertz CT molecular complexity index is 1120. The van der Waals surface area contributed by atoms with Crippen molar-refractivity contribution in [3.8, 4) is 17.2 Å². The van der Waals surface area contributed by atoms with Gasteiger partial charge in [-0.25, -0.2) is 0 Å². The molecule has 1 amide bonds. The van der Waals surface area contributed by atoms with E-state index < -0.39 is 17.7 Å². The minimum absolute atomic E-state index is 0.00380. The second-order valence-electron chi connectivity index (χ2n) is 8.62. The lowest BCUT2D eigenvalue weighted by molar-refractivity contribution is -0.140. The van der Waals surface area contributed by atoms with Gasteiger partial charge in [-0.2, -0.15) is 0 Å². The van der Waals surface area contributed by atoms with Crippen LogP contribution in [0.4, 0.5) is 0 Å². The van der Waals surface area contributed by atoms with E-state index in [0.29, 0.717) is 41.4 Å². The fourth-order valence-electron chi connectivity index (χ4n) is 4.19. The molecule has 3 rings (SSSR count). The number of aryl methyl sites for hydroxylation is 1. The van der Waals surface area contributed by atoms with Crippen LogP contribution in [0.2, 0.25) is 0 Å². The lowest BCUT2D eigenvalue weighted by Gasteiger charge is -2.26. The molecule has 1 saturated heterocycles. The van der Waals surface area contributed by atoms with Gasteiger partial charge in [-0.3, -0.25) is 9.59 Å². The van der Waals surface area contributed by atoms with Gasteiger partial charge < -0.3 is 29.0 Å². The van der Waals surface area contributed by atoms with E-state index in [1.54, 1.807) is 37.4 Å². The number of aliphatic hydroxyl groups is 1. The number of benzene rings is 2. The molecule has 1 unspecified atom stereocenters. The molecule has 1 aliphatic heterocycles. The normalized spacial score (nSPS) is 17.2. The second kappa shape index (κ2) is 11.3. The third-order valence-corrected chi connectivity index (χ3v) is 5.76. The summed E-state index contributed by atoms with van der Waals surface area (Å²) in [5, 5.41) is 11.4. The standard InChI is InChI=1S/C27H33NO7/c1-16(2)35-21-11-9-18(15-22(21)34-6)24-23(26(30)27(31)28(24)12-7-13-32-4)25(29)19-14-17(3)8-10-20(19)33-5/h8-11,14-16,24,29H,7,12-13H2,1-6H3/b25-23+. The van der Waals surface area contributed by atoms with Gasteiger partial charge >= 0.3 is 0 Å². The van der Waals surface area contributed by atoms with Crippen LogP contribution in [0.15, 0.2) is 42.0 Å². The molecule has 0 saturated carbocycles. The Kier molecular flexibility index (Phi) is 8.40. The molecule has 2 aromatic rings. The second-order valence-corrected chi connectivity index (χ2v) is 8.62. The number of ether oxygens (including phenoxy) is 4. The molecule has 1 heterocycles. The zero-order valence-electron chi connectivity index (χ0n) is 21.1. The molecule has 0 bridgehead atoms. The average Bonchev–Trinajstić information content (AvgIpc) is 3.08. The molecule has 0 aromatic heterocycles. The number of carbonyl (C=O) groups excluding carboxylic acids is 2. The number of likely N-dealkylation sites (tertiary alicyclic amines) is 1. The quantitative estimate of drug-likeness (QED) is 0.234. The summed E-state index contributed by atoms with van der Waals surface area (Å²) in [6, 6.07) is 9.72. The van der Waals surface area contributed by atoms with Crippen LogP contribution in [0.1, 0.15) is 43.0 Å². The van der Waals surface area contributed by atoms with E-state index in [1.807, 2.05) is 26.8 Å². The molecule has 8 heteroatoms. The third kappa shape index (κ3) is 5.43. The van der Waals surface area contributed by atoms with Gasteiger partial charge in [0.2, 0.25) is 0 Å². The van der Waals surface area contributed by atoms with E-state index in [0.717, 1.165) is 5.56 Å². The van der Waals surface area contributed by atoms with Crippen LogP contribution in [0.3, 0.4) is 0 Å². The molecule has 1 fully saturated rings. The number of rotatable bonds is 10. The van der Waals surface area contributed by atoms with Crippen molar-refractivity contribution in [3.63, 3.8) is 0 Å². The van der Waals surface area contributed by atoms with Crippen LogP contribution in [-0.2, 0) is 14.3 Å². The lowest BCUT2D eigenvalue weighted by atomic mass is 9.94. The first-order valence-electron chi connectivity index (χ1n) is 11.5. The maximum absolute atomic E-state index is 13.3. The molecule has 0 aliphatic carbocycles. The number of Topliss-reactive ketones (excluding diaryl/α,β-unsaturated/α-hetero) is 1. The SMILES string of the molecule is COCCCN1C(=O)C(=O)/C(=C(/O)c2cc(C)ccc2OC)C1c1ccc(OC(C)C)c(OC)c1. The van der Waals surface area contributed by atoms with Gasteiger partial charge in [-0.1, -0.05) is 17.7 Å². The molecule has 188 valence electrons. The highest BCUT2D eigenvalue weighted by molar-refractivity contribution is 6.46. The molecule has 1 atom stereocenters. The van der Waals surface area contributed by atoms with E-state index in [-0.39, 0.29) is 24.0 Å². The molecule has 0 radical (unpaired) electrons. The number of hydrogen-bond donors (Lipinski definition) is 1. The smallest absolute Gasteiger partial charge is 0.295 e. The Morgan fingerprint density at radius 1 is 1.00 bits per heavy atom. The minimum atomic E-state index is -0.820. The maximum Gasteiger partial charge on any atom is 0.295 e. The highest BCUT2D eigenvalue weighted by Gasteiger charge is 2.46. The molecule has 0 spiro atoms. The van der Waals surface area contributed by atoms with Crippen molar-refractivity contribution in [3.05, 3.63) is 58.7 Å². The highest BCUT2D eigenvalue weighted by Crippen LogP contribution is 2.43. The average molecular weight is 484 g/mol. The summed E-state index contributed by atoms with van der Waals surface area (Å²) in [6.07, 6.45) is 0.461. The van der Waals surface area contributed by atoms with E-state index in [4.69, 9.17) is 18.9 Å². The van der Waals surface area contributed by atoms with Crippen molar-refractivity contribution in [2.75, 3.05) is 34.5 Å². The van der Waals surface area contributed by atoms with E-state index >= 15 is 0 Å². The van der Waals surface area contributed by atoms with Crippen LogP contribution in [0, 0.1) is 6.92 Å². The zero-order valence-corrected chi connectivity index (χ0v) is 21.1. The van der Waals surface area contributed by atoms with Gasteiger partial charge in [0.05, 0.1) is 37.5 Å². The van der Waals surface area contributed by atoms with Crippen LogP contribution < -0.4 is 14.2 Å². The van der Waals surface area contributed by atoms with Gasteiger partial charge in [0.15, 0.2) is 11.5 Å². The van der Waals surface area contributed by atoms with Crippen LogP contribution in [0.5, 0.6) is 17.2 Å². The fraction of sp³-hybridized carbons (Fsp3) is 0.407. The number of aliphatic hydroxyl groups excluding tert-OH is 1. The van der Waals surface area contributed by atoms with Crippen molar-refractivity contribution in [1.82, 2.24) is 4.90 Å². The van der Waals surface area contributed by atoms with Crippen molar-refractivity contribution in [2.45, 2.75) is 39.3 Å². The predicted octanol–water partition coefficient (Wildman–Crippen LogP) is 4.26.